The number of hydrogen-bond acceptors (Lipinski definition) is 6. The molecule has 0 saturated heterocycles. The first-order valence-corrected chi connectivity index (χ1v) is 9.32. The second-order valence-electron chi connectivity index (χ2n) is 7.11. The number of hydrogen-bond donors (Lipinski definition) is 2. The van der Waals surface area contributed by atoms with Gasteiger partial charge in [-0.25, -0.2) is 19.9 Å². The van der Waals surface area contributed by atoms with Gasteiger partial charge >= 0.3 is 0 Å². The minimum Gasteiger partial charge on any atom is -0.383 e. The summed E-state index contributed by atoms with van der Waals surface area (Å²) in [5.41, 5.74) is 8.66. The van der Waals surface area contributed by atoms with Crippen molar-refractivity contribution in [2.45, 2.75) is 19.3 Å². The third-order valence-corrected chi connectivity index (χ3v) is 5.57. The monoisotopic (exact) mass is 405 g/mol. The van der Waals surface area contributed by atoms with Crippen LogP contribution < -0.4 is 11.1 Å². The number of fused-ring (bicyclic) bond motifs is 2. The molecule has 9 heteroatoms. The van der Waals surface area contributed by atoms with Gasteiger partial charge in [0.2, 0.25) is 5.91 Å². The lowest BCUT2D eigenvalue weighted by Crippen LogP contribution is -2.32. The second kappa shape index (κ2) is 5.99. The van der Waals surface area contributed by atoms with E-state index in [-0.39, 0.29) is 11.7 Å². The average molecular weight is 406 g/mol. The predicted molar refractivity (Wildman–Crippen MR) is 110 cm³/mol. The van der Waals surface area contributed by atoms with Crippen LogP contribution in [0.5, 0.6) is 0 Å². The SMILES string of the molecule is Cc1nc(-c2nc(N)c3c(n2)NC(=O)C3(C)c2ccc(Cl)cc2)cn2ccnc12. The van der Waals surface area contributed by atoms with Crippen LogP contribution in [-0.4, -0.2) is 30.2 Å². The van der Waals surface area contributed by atoms with Crippen molar-refractivity contribution in [1.82, 2.24) is 24.3 Å². The van der Waals surface area contributed by atoms with Crippen LogP contribution in [0.25, 0.3) is 17.2 Å². The van der Waals surface area contributed by atoms with Crippen molar-refractivity contribution in [3.63, 3.8) is 0 Å². The van der Waals surface area contributed by atoms with E-state index in [1.807, 2.05) is 29.7 Å². The molecule has 1 atom stereocenters. The first kappa shape index (κ1) is 17.6. The van der Waals surface area contributed by atoms with Crippen molar-refractivity contribution in [3.05, 3.63) is 64.7 Å². The Morgan fingerprint density at radius 1 is 1.17 bits per heavy atom. The first-order valence-electron chi connectivity index (χ1n) is 8.94. The minimum atomic E-state index is -1.01. The van der Waals surface area contributed by atoms with E-state index < -0.39 is 5.41 Å². The molecule has 0 fully saturated rings. The summed E-state index contributed by atoms with van der Waals surface area (Å²) >= 11 is 6.00. The fraction of sp³-hybridized carbons (Fsp3) is 0.150. The molecule has 1 amide bonds. The van der Waals surface area contributed by atoms with Gasteiger partial charge < -0.3 is 15.5 Å². The van der Waals surface area contributed by atoms with Gasteiger partial charge in [-0.2, -0.15) is 0 Å². The van der Waals surface area contributed by atoms with E-state index in [2.05, 4.69) is 25.3 Å². The number of aromatic nitrogens is 5. The summed E-state index contributed by atoms with van der Waals surface area (Å²) in [6, 6.07) is 7.10. The maximum absolute atomic E-state index is 12.9. The van der Waals surface area contributed by atoms with E-state index in [1.165, 1.54) is 0 Å². The van der Waals surface area contributed by atoms with Crippen molar-refractivity contribution >= 4 is 34.8 Å². The molecular weight excluding hydrogens is 390 g/mol. The maximum Gasteiger partial charge on any atom is 0.240 e. The smallest absolute Gasteiger partial charge is 0.240 e. The lowest BCUT2D eigenvalue weighted by Gasteiger charge is -2.23. The van der Waals surface area contributed by atoms with E-state index >= 15 is 0 Å². The summed E-state index contributed by atoms with van der Waals surface area (Å²) in [7, 11) is 0. The van der Waals surface area contributed by atoms with Gasteiger partial charge in [0.1, 0.15) is 22.7 Å². The van der Waals surface area contributed by atoms with Crippen LogP contribution in [0, 0.1) is 6.92 Å². The molecule has 0 radical (unpaired) electrons. The third kappa shape index (κ3) is 2.49. The quantitative estimate of drug-likeness (QED) is 0.530. The largest absolute Gasteiger partial charge is 0.383 e. The van der Waals surface area contributed by atoms with Crippen LogP contribution in [-0.2, 0) is 10.2 Å². The molecule has 3 aromatic heterocycles. The number of nitrogen functional groups attached to an aromatic ring is 1. The number of rotatable bonds is 2. The summed E-state index contributed by atoms with van der Waals surface area (Å²) < 4.78 is 1.85. The summed E-state index contributed by atoms with van der Waals surface area (Å²) in [4.78, 5) is 30.8. The van der Waals surface area contributed by atoms with Gasteiger partial charge in [0, 0.05) is 23.6 Å². The van der Waals surface area contributed by atoms with Crippen molar-refractivity contribution < 1.29 is 4.79 Å². The zero-order valence-corrected chi connectivity index (χ0v) is 16.4. The molecule has 1 aromatic carbocycles. The lowest BCUT2D eigenvalue weighted by atomic mass is 9.78. The molecular formula is C20H16ClN7O. The molecule has 4 heterocycles. The Bertz CT molecular complexity index is 1300. The highest BCUT2D eigenvalue weighted by atomic mass is 35.5. The minimum absolute atomic E-state index is 0.220. The van der Waals surface area contributed by atoms with Gasteiger partial charge in [-0.3, -0.25) is 4.79 Å². The number of imidazole rings is 1. The van der Waals surface area contributed by atoms with Crippen LogP contribution in [0.1, 0.15) is 23.7 Å². The molecule has 5 rings (SSSR count). The molecule has 1 aliphatic heterocycles. The molecule has 4 aromatic rings. The second-order valence-corrected chi connectivity index (χ2v) is 7.55. The summed E-state index contributed by atoms with van der Waals surface area (Å²) in [6.07, 6.45) is 5.30. The normalized spacial score (nSPS) is 18.1. The lowest BCUT2D eigenvalue weighted by molar-refractivity contribution is -0.119. The highest BCUT2D eigenvalue weighted by Gasteiger charge is 2.47. The number of halogens is 1. The number of nitrogens with two attached hydrogens (primary N) is 1. The Labute approximate surface area is 170 Å². The van der Waals surface area contributed by atoms with Crippen molar-refractivity contribution in [2.75, 3.05) is 11.1 Å². The van der Waals surface area contributed by atoms with Gasteiger partial charge in [0.15, 0.2) is 11.5 Å². The predicted octanol–water partition coefficient (Wildman–Crippen LogP) is 2.99. The Kier molecular flexibility index (Phi) is 3.63. The molecule has 0 bridgehead atoms. The van der Waals surface area contributed by atoms with Crippen LogP contribution in [0.2, 0.25) is 5.02 Å². The van der Waals surface area contributed by atoms with Gasteiger partial charge in [-0.1, -0.05) is 23.7 Å². The molecule has 8 nitrogen and oxygen atoms in total. The Hall–Kier alpha value is -3.52. The molecule has 0 saturated carbocycles. The Morgan fingerprint density at radius 3 is 2.69 bits per heavy atom. The highest BCUT2D eigenvalue weighted by molar-refractivity contribution is 6.30. The fourth-order valence-corrected chi connectivity index (χ4v) is 3.90. The maximum atomic E-state index is 12.9. The third-order valence-electron chi connectivity index (χ3n) is 5.32. The summed E-state index contributed by atoms with van der Waals surface area (Å²) in [6.45, 7) is 3.67. The van der Waals surface area contributed by atoms with E-state index in [4.69, 9.17) is 17.3 Å². The molecule has 0 spiro atoms. The van der Waals surface area contributed by atoms with Gasteiger partial charge in [-0.05, 0) is 31.5 Å². The van der Waals surface area contributed by atoms with E-state index in [0.717, 1.165) is 16.9 Å². The number of nitrogens with one attached hydrogen (secondary N) is 1. The number of carbonyl (C=O) groups excluding carboxylic acids is 1. The van der Waals surface area contributed by atoms with Crippen LogP contribution >= 0.6 is 11.6 Å². The van der Waals surface area contributed by atoms with Gasteiger partial charge in [0.05, 0.1) is 11.3 Å². The molecule has 1 unspecified atom stereocenters. The van der Waals surface area contributed by atoms with Crippen molar-refractivity contribution in [3.8, 4) is 11.5 Å². The fourth-order valence-electron chi connectivity index (χ4n) is 3.78. The molecule has 29 heavy (non-hydrogen) atoms. The Balaban J connectivity index is 1.67. The summed E-state index contributed by atoms with van der Waals surface area (Å²) in [5.74, 6) is 0.730. The molecule has 0 aliphatic carbocycles. The summed E-state index contributed by atoms with van der Waals surface area (Å²) in [5, 5.41) is 3.44. The van der Waals surface area contributed by atoms with Crippen LogP contribution in [0.4, 0.5) is 11.6 Å². The van der Waals surface area contributed by atoms with Gasteiger partial charge in [0.25, 0.3) is 0 Å². The number of benzene rings is 1. The molecule has 144 valence electrons. The van der Waals surface area contributed by atoms with Crippen LogP contribution in [0.3, 0.4) is 0 Å². The number of amides is 1. The standard InChI is InChI=1S/C20H16ClN7O/c1-10-18-23-7-8-28(18)9-13(24-10)16-25-15(22)14-17(26-16)27-19(29)20(14,2)11-3-5-12(21)6-4-11/h3-9H,1-2H3,(H3,22,25,26,27,29). The number of aryl methyl sites for hydroxylation is 1. The zero-order chi connectivity index (χ0) is 20.3. The van der Waals surface area contributed by atoms with Gasteiger partial charge in [-0.15, -0.1) is 0 Å². The number of nitrogens with zero attached hydrogens (tertiary/aromatic N) is 5. The Morgan fingerprint density at radius 2 is 1.93 bits per heavy atom. The number of anilines is 2. The van der Waals surface area contributed by atoms with E-state index in [0.29, 0.717) is 27.9 Å². The first-order chi connectivity index (χ1) is 13.9. The zero-order valence-electron chi connectivity index (χ0n) is 15.6. The van der Waals surface area contributed by atoms with Crippen molar-refractivity contribution in [1.29, 1.82) is 0 Å². The molecule has 3 N–H and O–H groups in total. The topological polar surface area (TPSA) is 111 Å². The highest BCUT2D eigenvalue weighted by Crippen LogP contribution is 2.45. The average Bonchev–Trinajstić information content (AvgIpc) is 3.26. The van der Waals surface area contributed by atoms with Crippen molar-refractivity contribution in [2.24, 2.45) is 0 Å². The van der Waals surface area contributed by atoms with E-state index in [1.54, 1.807) is 31.5 Å². The number of carbonyl (C=O) groups is 1. The van der Waals surface area contributed by atoms with E-state index in [9.17, 15) is 4.79 Å². The molecule has 1 aliphatic rings. The van der Waals surface area contributed by atoms with Crippen LogP contribution in [0.15, 0.2) is 42.9 Å².